The summed E-state index contributed by atoms with van der Waals surface area (Å²) >= 11 is 1.54. The zero-order valence-corrected chi connectivity index (χ0v) is 11.1. The van der Waals surface area contributed by atoms with Crippen LogP contribution in [0.15, 0.2) is 17.5 Å². The Morgan fingerprint density at radius 1 is 1.61 bits per heavy atom. The van der Waals surface area contributed by atoms with Crippen molar-refractivity contribution < 1.29 is 4.79 Å². The van der Waals surface area contributed by atoms with Crippen LogP contribution in [-0.4, -0.2) is 32.2 Å². The molecule has 18 heavy (non-hydrogen) atoms. The van der Waals surface area contributed by atoms with Gasteiger partial charge in [-0.1, -0.05) is 13.0 Å². The lowest BCUT2D eigenvalue weighted by Crippen LogP contribution is -2.35. The summed E-state index contributed by atoms with van der Waals surface area (Å²) in [6, 6.07) is 4.01. The van der Waals surface area contributed by atoms with E-state index in [1.165, 1.54) is 4.80 Å². The van der Waals surface area contributed by atoms with Gasteiger partial charge >= 0.3 is 0 Å². The molecule has 96 valence electrons. The summed E-state index contributed by atoms with van der Waals surface area (Å²) in [6.07, 6.45) is 0.900. The molecule has 0 aliphatic carbocycles. The molecule has 6 nitrogen and oxygen atoms in total. The second-order valence-corrected chi connectivity index (χ2v) is 4.95. The molecule has 0 aromatic carbocycles. The predicted octanol–water partition coefficient (Wildman–Crippen LogP) is 1.32. The van der Waals surface area contributed by atoms with Gasteiger partial charge < -0.3 is 5.32 Å². The van der Waals surface area contributed by atoms with E-state index in [2.05, 4.69) is 20.7 Å². The van der Waals surface area contributed by atoms with E-state index >= 15 is 0 Å². The molecular weight excluding hydrogens is 250 g/mol. The van der Waals surface area contributed by atoms with Crippen molar-refractivity contribution in [1.29, 1.82) is 0 Å². The minimum atomic E-state index is -0.0977. The van der Waals surface area contributed by atoms with Crippen LogP contribution in [0.25, 0.3) is 10.7 Å². The minimum absolute atomic E-state index is 0.0977. The summed E-state index contributed by atoms with van der Waals surface area (Å²) in [6.45, 7) is 4.08. The van der Waals surface area contributed by atoms with E-state index < -0.39 is 0 Å². The highest BCUT2D eigenvalue weighted by atomic mass is 32.1. The first-order valence-corrected chi connectivity index (χ1v) is 6.68. The molecule has 2 heterocycles. The van der Waals surface area contributed by atoms with E-state index in [9.17, 15) is 4.79 Å². The number of hydrogen-bond donors (Lipinski definition) is 1. The molecule has 0 bridgehead atoms. The van der Waals surface area contributed by atoms with E-state index in [0.717, 1.165) is 11.3 Å². The summed E-state index contributed by atoms with van der Waals surface area (Å²) in [4.78, 5) is 13.9. The van der Waals surface area contributed by atoms with Gasteiger partial charge in [0, 0.05) is 6.04 Å². The van der Waals surface area contributed by atoms with Gasteiger partial charge in [-0.3, -0.25) is 4.79 Å². The molecule has 2 aromatic rings. The number of nitrogens with zero attached hydrogens (tertiary/aromatic N) is 4. The van der Waals surface area contributed by atoms with Crippen LogP contribution in [0, 0.1) is 0 Å². The molecule has 0 spiro atoms. The molecule has 2 aromatic heterocycles. The third-order valence-corrected chi connectivity index (χ3v) is 3.36. The van der Waals surface area contributed by atoms with Crippen LogP contribution in [0.1, 0.15) is 20.3 Å². The van der Waals surface area contributed by atoms with E-state index in [1.54, 1.807) is 11.3 Å². The Balaban J connectivity index is 1.97. The SMILES string of the molecule is CC[C@H](C)NC(=O)Cn1nnc(-c2cccs2)n1. The minimum Gasteiger partial charge on any atom is -0.352 e. The van der Waals surface area contributed by atoms with Crippen molar-refractivity contribution in [1.82, 2.24) is 25.5 Å². The quantitative estimate of drug-likeness (QED) is 0.885. The zero-order chi connectivity index (χ0) is 13.0. The highest BCUT2D eigenvalue weighted by Crippen LogP contribution is 2.19. The van der Waals surface area contributed by atoms with Gasteiger partial charge in [0.05, 0.1) is 4.88 Å². The van der Waals surface area contributed by atoms with Crippen molar-refractivity contribution in [2.75, 3.05) is 0 Å². The number of thiophene rings is 1. The number of tetrazole rings is 1. The van der Waals surface area contributed by atoms with Gasteiger partial charge in [0.2, 0.25) is 11.7 Å². The van der Waals surface area contributed by atoms with Crippen LogP contribution >= 0.6 is 11.3 Å². The fraction of sp³-hybridized carbons (Fsp3) is 0.455. The van der Waals surface area contributed by atoms with Crippen LogP contribution in [0.3, 0.4) is 0 Å². The van der Waals surface area contributed by atoms with Crippen molar-refractivity contribution >= 4 is 17.2 Å². The third kappa shape index (κ3) is 3.13. The number of rotatable bonds is 5. The maximum Gasteiger partial charge on any atom is 0.243 e. The van der Waals surface area contributed by atoms with Gasteiger partial charge in [-0.05, 0) is 30.0 Å². The number of nitrogens with one attached hydrogen (secondary N) is 1. The molecule has 0 saturated heterocycles. The molecule has 0 fully saturated rings. The van der Waals surface area contributed by atoms with Crippen molar-refractivity contribution in [2.45, 2.75) is 32.9 Å². The molecule has 0 unspecified atom stereocenters. The Labute approximate surface area is 109 Å². The fourth-order valence-corrected chi connectivity index (χ4v) is 2.01. The molecular formula is C11H15N5OS. The first kappa shape index (κ1) is 12.7. The van der Waals surface area contributed by atoms with E-state index in [4.69, 9.17) is 0 Å². The predicted molar refractivity (Wildman–Crippen MR) is 69.0 cm³/mol. The van der Waals surface area contributed by atoms with Gasteiger partial charge in [0.15, 0.2) is 0 Å². The molecule has 7 heteroatoms. The lowest BCUT2D eigenvalue weighted by atomic mass is 10.2. The molecule has 0 saturated carbocycles. The van der Waals surface area contributed by atoms with Gasteiger partial charge in [-0.15, -0.1) is 21.5 Å². The highest BCUT2D eigenvalue weighted by Gasteiger charge is 2.10. The van der Waals surface area contributed by atoms with Crippen molar-refractivity contribution in [2.24, 2.45) is 0 Å². The summed E-state index contributed by atoms with van der Waals surface area (Å²) < 4.78 is 0. The second kappa shape index (κ2) is 5.72. The van der Waals surface area contributed by atoms with Crippen LogP contribution in [0.2, 0.25) is 0 Å². The summed E-state index contributed by atoms with van der Waals surface area (Å²) in [5.74, 6) is 0.459. The van der Waals surface area contributed by atoms with Gasteiger partial charge in [-0.25, -0.2) is 0 Å². The zero-order valence-electron chi connectivity index (χ0n) is 10.3. The maximum absolute atomic E-state index is 11.6. The summed E-state index contributed by atoms with van der Waals surface area (Å²) in [5.41, 5.74) is 0. The summed E-state index contributed by atoms with van der Waals surface area (Å²) in [5, 5.41) is 16.8. The maximum atomic E-state index is 11.6. The molecule has 2 rings (SSSR count). The number of aromatic nitrogens is 4. The Morgan fingerprint density at radius 3 is 3.11 bits per heavy atom. The molecule has 0 radical (unpaired) electrons. The standard InChI is InChI=1S/C11H15N5OS/c1-3-8(2)12-10(17)7-16-14-11(13-15-16)9-5-4-6-18-9/h4-6,8H,3,7H2,1-2H3,(H,12,17)/t8-/m0/s1. The van der Waals surface area contributed by atoms with Crippen LogP contribution in [0.5, 0.6) is 0 Å². The lowest BCUT2D eigenvalue weighted by molar-refractivity contribution is -0.122. The smallest absolute Gasteiger partial charge is 0.243 e. The number of carbonyl (C=O) groups is 1. The first-order chi connectivity index (χ1) is 8.69. The Morgan fingerprint density at radius 2 is 2.44 bits per heavy atom. The monoisotopic (exact) mass is 265 g/mol. The molecule has 1 atom stereocenters. The Bertz CT molecular complexity index is 507. The van der Waals surface area contributed by atoms with Crippen LogP contribution < -0.4 is 5.32 Å². The third-order valence-electron chi connectivity index (χ3n) is 2.50. The summed E-state index contributed by atoms with van der Waals surface area (Å²) in [7, 11) is 0. The average Bonchev–Trinajstić information content (AvgIpc) is 2.98. The molecule has 1 N–H and O–H groups in total. The fourth-order valence-electron chi connectivity index (χ4n) is 1.37. The van der Waals surface area contributed by atoms with E-state index in [1.807, 2.05) is 31.4 Å². The van der Waals surface area contributed by atoms with Crippen molar-refractivity contribution in [3.8, 4) is 10.7 Å². The Kier molecular flexibility index (Phi) is 4.03. The number of hydrogen-bond acceptors (Lipinski definition) is 5. The van der Waals surface area contributed by atoms with Gasteiger partial charge in [0.25, 0.3) is 0 Å². The molecule has 0 aliphatic heterocycles. The second-order valence-electron chi connectivity index (χ2n) is 4.00. The van der Waals surface area contributed by atoms with Gasteiger partial charge in [0.1, 0.15) is 6.54 Å². The number of amides is 1. The first-order valence-electron chi connectivity index (χ1n) is 5.80. The Hall–Kier alpha value is -1.76. The highest BCUT2D eigenvalue weighted by molar-refractivity contribution is 7.13. The van der Waals surface area contributed by atoms with Crippen LogP contribution in [0.4, 0.5) is 0 Å². The van der Waals surface area contributed by atoms with E-state index in [-0.39, 0.29) is 18.5 Å². The van der Waals surface area contributed by atoms with E-state index in [0.29, 0.717) is 5.82 Å². The lowest BCUT2D eigenvalue weighted by Gasteiger charge is -2.10. The molecule has 1 amide bonds. The largest absolute Gasteiger partial charge is 0.352 e. The van der Waals surface area contributed by atoms with Crippen molar-refractivity contribution in [3.05, 3.63) is 17.5 Å². The number of carbonyl (C=O) groups excluding carboxylic acids is 1. The van der Waals surface area contributed by atoms with Gasteiger partial charge in [-0.2, -0.15) is 4.80 Å². The van der Waals surface area contributed by atoms with Crippen LogP contribution in [-0.2, 0) is 11.3 Å². The average molecular weight is 265 g/mol. The van der Waals surface area contributed by atoms with Crippen molar-refractivity contribution in [3.63, 3.8) is 0 Å². The normalized spacial score (nSPS) is 12.3. The topological polar surface area (TPSA) is 72.7 Å². The molecule has 0 aliphatic rings.